The molecule has 0 spiro atoms. The molecule has 156 valence electrons. The van der Waals surface area contributed by atoms with Crippen LogP contribution in [0.1, 0.15) is 37.1 Å². The molecule has 0 radical (unpaired) electrons. The number of nitrogens with zero attached hydrogens (tertiary/aromatic N) is 1. The first kappa shape index (κ1) is 21.2. The van der Waals surface area contributed by atoms with Crippen LogP contribution in [0.25, 0.3) is 10.4 Å². The van der Waals surface area contributed by atoms with E-state index < -0.39 is 11.7 Å². The van der Waals surface area contributed by atoms with Crippen molar-refractivity contribution in [3.8, 4) is 21.9 Å². The number of allylic oxidation sites excluding steroid dienone is 1. The lowest BCUT2D eigenvalue weighted by atomic mass is 10.0. The van der Waals surface area contributed by atoms with Gasteiger partial charge in [0.25, 0.3) is 0 Å². The Morgan fingerprint density at radius 2 is 1.86 bits per heavy atom. The zero-order chi connectivity index (χ0) is 21.0. The first-order valence-electron chi connectivity index (χ1n) is 9.45. The third kappa shape index (κ3) is 4.58. The molecule has 8 heteroatoms. The molecule has 0 aliphatic carbocycles. The predicted molar refractivity (Wildman–Crippen MR) is 110 cm³/mol. The molecule has 0 fully saturated rings. The van der Waals surface area contributed by atoms with E-state index in [1.54, 1.807) is 6.07 Å². The number of ether oxygens (including phenoxy) is 2. The summed E-state index contributed by atoms with van der Waals surface area (Å²) < 4.78 is 52.3. The molecule has 3 rings (SSSR count). The van der Waals surface area contributed by atoms with Crippen molar-refractivity contribution in [3.63, 3.8) is 0 Å². The van der Waals surface area contributed by atoms with E-state index in [1.807, 2.05) is 13.8 Å². The van der Waals surface area contributed by atoms with Gasteiger partial charge in [-0.3, -0.25) is 4.99 Å². The molecule has 0 amide bonds. The minimum atomic E-state index is -4.48. The maximum atomic E-state index is 13.6. The van der Waals surface area contributed by atoms with Crippen molar-refractivity contribution in [1.82, 2.24) is 5.32 Å². The van der Waals surface area contributed by atoms with Crippen LogP contribution < -0.4 is 14.8 Å². The third-order valence-electron chi connectivity index (χ3n) is 4.25. The largest absolute Gasteiger partial charge is 0.485 e. The lowest BCUT2D eigenvalue weighted by Gasteiger charge is -2.19. The van der Waals surface area contributed by atoms with Crippen LogP contribution in [0.4, 0.5) is 13.2 Å². The normalized spacial score (nSPS) is 14.0. The zero-order valence-electron chi connectivity index (χ0n) is 16.4. The van der Waals surface area contributed by atoms with E-state index >= 15 is 0 Å². The standard InChI is InChI=1S/C21H23F3N2O2S/c1-4-8-13(3)26-20(25-5-2)19-17-16(27-11-12-28-17)18(29-19)14-9-6-7-10-15(14)21(22,23)24/h6-7,9-10H,3-5,8,11-12H2,1-2H3,(H,25,26). The summed E-state index contributed by atoms with van der Waals surface area (Å²) in [6, 6.07) is 5.50. The van der Waals surface area contributed by atoms with Crippen molar-refractivity contribution in [3.05, 3.63) is 47.0 Å². The predicted octanol–water partition coefficient (Wildman–Crippen LogP) is 5.88. The summed E-state index contributed by atoms with van der Waals surface area (Å²) >= 11 is 1.18. The van der Waals surface area contributed by atoms with Gasteiger partial charge in [0.2, 0.25) is 0 Å². The Morgan fingerprint density at radius 1 is 1.17 bits per heavy atom. The van der Waals surface area contributed by atoms with Gasteiger partial charge in [0.05, 0.1) is 10.4 Å². The number of rotatable bonds is 6. The van der Waals surface area contributed by atoms with Gasteiger partial charge >= 0.3 is 6.18 Å². The second-order valence-corrected chi connectivity index (χ2v) is 7.48. The van der Waals surface area contributed by atoms with Gasteiger partial charge in [-0.15, -0.1) is 11.3 Å². The highest BCUT2D eigenvalue weighted by atomic mass is 32.1. The van der Waals surface area contributed by atoms with E-state index in [-0.39, 0.29) is 12.2 Å². The smallest absolute Gasteiger partial charge is 0.417 e. The van der Waals surface area contributed by atoms with Gasteiger partial charge in [-0.25, -0.2) is 0 Å². The average Bonchev–Trinajstić information content (AvgIpc) is 3.07. The summed E-state index contributed by atoms with van der Waals surface area (Å²) in [5, 5.41) is 3.20. The minimum absolute atomic E-state index is 0.0706. The van der Waals surface area contributed by atoms with Crippen LogP contribution >= 0.6 is 11.3 Å². The molecule has 29 heavy (non-hydrogen) atoms. The molecule has 0 saturated heterocycles. The summed E-state index contributed by atoms with van der Waals surface area (Å²) in [7, 11) is 0. The number of alkyl halides is 3. The van der Waals surface area contributed by atoms with Crippen LogP contribution in [-0.4, -0.2) is 25.6 Å². The SMILES string of the molecule is C=C(CCC)NC(=NCC)c1sc(-c2ccccc2C(F)(F)F)c2c1OCCO2. The Hall–Kier alpha value is -2.48. The highest BCUT2D eigenvalue weighted by Gasteiger charge is 2.36. The molecule has 0 atom stereocenters. The third-order valence-corrected chi connectivity index (χ3v) is 5.45. The number of amidine groups is 1. The number of hydrogen-bond donors (Lipinski definition) is 1. The fourth-order valence-corrected chi connectivity index (χ4v) is 4.26. The molecule has 2 heterocycles. The summed E-state index contributed by atoms with van der Waals surface area (Å²) in [5.74, 6) is 1.30. The quantitative estimate of drug-likeness (QED) is 0.466. The van der Waals surface area contributed by atoms with Gasteiger partial charge in [-0.1, -0.05) is 38.1 Å². The van der Waals surface area contributed by atoms with Crippen LogP contribution in [-0.2, 0) is 6.18 Å². The van der Waals surface area contributed by atoms with E-state index in [2.05, 4.69) is 16.9 Å². The van der Waals surface area contributed by atoms with E-state index in [1.165, 1.54) is 23.5 Å². The van der Waals surface area contributed by atoms with Crippen molar-refractivity contribution in [1.29, 1.82) is 0 Å². The van der Waals surface area contributed by atoms with Crippen LogP contribution in [0, 0.1) is 0 Å². The monoisotopic (exact) mass is 424 g/mol. The lowest BCUT2D eigenvalue weighted by molar-refractivity contribution is -0.137. The van der Waals surface area contributed by atoms with Crippen molar-refractivity contribution in [2.45, 2.75) is 32.9 Å². The molecule has 4 nitrogen and oxygen atoms in total. The average molecular weight is 424 g/mol. The molecular formula is C21H23F3N2O2S. The van der Waals surface area contributed by atoms with Crippen molar-refractivity contribution >= 4 is 17.2 Å². The number of aliphatic imine (C=N–C) groups is 1. The van der Waals surface area contributed by atoms with Gasteiger partial charge in [0.15, 0.2) is 11.5 Å². The van der Waals surface area contributed by atoms with Crippen LogP contribution in [0.2, 0.25) is 0 Å². The molecule has 1 N–H and O–H groups in total. The fourth-order valence-electron chi connectivity index (χ4n) is 3.07. The maximum Gasteiger partial charge on any atom is 0.417 e. The van der Waals surface area contributed by atoms with Gasteiger partial charge in [0.1, 0.15) is 23.9 Å². The van der Waals surface area contributed by atoms with Crippen LogP contribution in [0.15, 0.2) is 41.5 Å². The Balaban J connectivity index is 2.14. The minimum Gasteiger partial charge on any atom is -0.485 e. The maximum absolute atomic E-state index is 13.6. The van der Waals surface area contributed by atoms with Gasteiger partial charge in [-0.05, 0) is 19.4 Å². The van der Waals surface area contributed by atoms with Crippen LogP contribution in [0.3, 0.4) is 0 Å². The highest BCUT2D eigenvalue weighted by molar-refractivity contribution is 7.18. The van der Waals surface area contributed by atoms with E-state index in [9.17, 15) is 13.2 Å². The number of nitrogens with one attached hydrogen (secondary N) is 1. The Labute approximate surface area is 172 Å². The number of fused-ring (bicyclic) bond motifs is 1. The van der Waals surface area contributed by atoms with Crippen molar-refractivity contribution < 1.29 is 22.6 Å². The van der Waals surface area contributed by atoms with Gasteiger partial charge < -0.3 is 14.8 Å². The molecule has 0 bridgehead atoms. The highest BCUT2D eigenvalue weighted by Crippen LogP contribution is 2.51. The molecule has 1 aliphatic rings. The van der Waals surface area contributed by atoms with Crippen molar-refractivity contribution in [2.24, 2.45) is 4.99 Å². The molecule has 1 aliphatic heterocycles. The molecule has 1 aromatic carbocycles. The fraction of sp³-hybridized carbons (Fsp3) is 0.381. The van der Waals surface area contributed by atoms with E-state index in [0.29, 0.717) is 40.2 Å². The number of halogens is 3. The summed E-state index contributed by atoms with van der Waals surface area (Å²) in [4.78, 5) is 5.50. The van der Waals surface area contributed by atoms with Gasteiger partial charge in [-0.2, -0.15) is 13.2 Å². The number of benzene rings is 1. The lowest BCUT2D eigenvalue weighted by Crippen LogP contribution is -2.24. The Morgan fingerprint density at radius 3 is 2.52 bits per heavy atom. The van der Waals surface area contributed by atoms with E-state index in [0.717, 1.165) is 24.6 Å². The summed E-state index contributed by atoms with van der Waals surface area (Å²) in [6.45, 7) is 9.05. The summed E-state index contributed by atoms with van der Waals surface area (Å²) in [5.41, 5.74) is 0.152. The second-order valence-electron chi connectivity index (χ2n) is 6.46. The van der Waals surface area contributed by atoms with E-state index in [4.69, 9.17) is 9.47 Å². The van der Waals surface area contributed by atoms with Crippen molar-refractivity contribution in [2.75, 3.05) is 19.8 Å². The second kappa shape index (κ2) is 8.90. The molecule has 0 saturated carbocycles. The summed E-state index contributed by atoms with van der Waals surface area (Å²) in [6.07, 6.45) is -2.80. The molecular weight excluding hydrogens is 401 g/mol. The molecule has 1 aromatic heterocycles. The molecule has 0 unspecified atom stereocenters. The Bertz CT molecular complexity index is 919. The first-order chi connectivity index (χ1) is 13.9. The number of hydrogen-bond acceptors (Lipinski definition) is 4. The zero-order valence-corrected chi connectivity index (χ0v) is 17.2. The topological polar surface area (TPSA) is 42.9 Å². The first-order valence-corrected chi connectivity index (χ1v) is 10.3. The van der Waals surface area contributed by atoms with Crippen LogP contribution in [0.5, 0.6) is 11.5 Å². The number of thiophene rings is 1. The van der Waals surface area contributed by atoms with Gasteiger partial charge in [0, 0.05) is 17.8 Å². The molecule has 2 aromatic rings. The Kier molecular flexibility index (Phi) is 6.52.